The van der Waals surface area contributed by atoms with Gasteiger partial charge in [0.25, 0.3) is 0 Å². The van der Waals surface area contributed by atoms with Crippen LogP contribution in [-0.4, -0.2) is 37.0 Å². The van der Waals surface area contributed by atoms with E-state index in [-0.39, 0.29) is 24.7 Å². The molecule has 4 N–H and O–H groups in total. The SMILES string of the molecule is CCCCNC(=O)NC(=O)CCCCCCC(=O)NC(=O)NCCCC. The molecule has 150 valence electrons. The van der Waals surface area contributed by atoms with Crippen LogP contribution in [0.5, 0.6) is 0 Å². The summed E-state index contributed by atoms with van der Waals surface area (Å²) in [5, 5.41) is 9.83. The maximum atomic E-state index is 11.6. The molecule has 0 radical (unpaired) electrons. The van der Waals surface area contributed by atoms with Gasteiger partial charge in [-0.1, -0.05) is 39.5 Å². The van der Waals surface area contributed by atoms with Crippen LogP contribution in [0.4, 0.5) is 9.59 Å². The largest absolute Gasteiger partial charge is 0.338 e. The minimum atomic E-state index is -0.447. The van der Waals surface area contributed by atoms with Crippen LogP contribution in [0.15, 0.2) is 0 Å². The number of hydrogen-bond donors (Lipinski definition) is 4. The van der Waals surface area contributed by atoms with Gasteiger partial charge in [0.15, 0.2) is 0 Å². The number of hydrogen-bond acceptors (Lipinski definition) is 4. The van der Waals surface area contributed by atoms with Crippen LogP contribution in [0.3, 0.4) is 0 Å². The number of imide groups is 2. The van der Waals surface area contributed by atoms with Crippen molar-refractivity contribution in [2.45, 2.75) is 78.1 Å². The Balaban J connectivity index is 3.56. The van der Waals surface area contributed by atoms with E-state index in [0.29, 0.717) is 25.9 Å². The van der Waals surface area contributed by atoms with Crippen LogP contribution in [0.1, 0.15) is 78.1 Å². The molecule has 0 spiro atoms. The van der Waals surface area contributed by atoms with Crippen molar-refractivity contribution in [1.82, 2.24) is 21.3 Å². The number of nitrogens with one attached hydrogen (secondary N) is 4. The van der Waals surface area contributed by atoms with Crippen molar-refractivity contribution in [3.63, 3.8) is 0 Å². The fourth-order valence-corrected chi connectivity index (χ4v) is 2.15. The summed E-state index contributed by atoms with van der Waals surface area (Å²) >= 11 is 0. The average molecular weight is 370 g/mol. The van der Waals surface area contributed by atoms with Gasteiger partial charge in [-0.15, -0.1) is 0 Å². The van der Waals surface area contributed by atoms with Gasteiger partial charge in [0.1, 0.15) is 0 Å². The summed E-state index contributed by atoms with van der Waals surface area (Å²) in [5.41, 5.74) is 0. The average Bonchev–Trinajstić information content (AvgIpc) is 2.58. The first-order chi connectivity index (χ1) is 12.5. The Hall–Kier alpha value is -2.12. The maximum absolute atomic E-state index is 11.6. The lowest BCUT2D eigenvalue weighted by molar-refractivity contribution is -0.121. The Morgan fingerprint density at radius 3 is 1.31 bits per heavy atom. The first-order valence-electron chi connectivity index (χ1n) is 9.64. The number of rotatable bonds is 13. The standard InChI is InChI=1S/C18H34N4O4/c1-3-5-13-19-17(25)21-15(23)11-9-7-8-10-12-16(24)22-18(26)20-14-6-4-2/h3-14H2,1-2H3,(H2,19,21,23,25)(H2,20,22,24,26). The second-order valence-corrected chi connectivity index (χ2v) is 6.23. The van der Waals surface area contributed by atoms with Gasteiger partial charge in [-0.2, -0.15) is 0 Å². The van der Waals surface area contributed by atoms with Crippen LogP contribution in [0.2, 0.25) is 0 Å². The molecule has 0 atom stereocenters. The zero-order chi connectivity index (χ0) is 19.6. The Morgan fingerprint density at radius 1 is 0.577 bits per heavy atom. The van der Waals surface area contributed by atoms with E-state index in [0.717, 1.165) is 38.5 Å². The summed E-state index contributed by atoms with van der Waals surface area (Å²) in [6.45, 7) is 5.18. The lowest BCUT2D eigenvalue weighted by atomic mass is 10.1. The molecule has 0 aromatic carbocycles. The van der Waals surface area contributed by atoms with Crippen molar-refractivity contribution in [3.8, 4) is 0 Å². The Morgan fingerprint density at radius 2 is 0.962 bits per heavy atom. The third-order valence-corrected chi connectivity index (χ3v) is 3.70. The van der Waals surface area contributed by atoms with Gasteiger partial charge in [-0.25, -0.2) is 9.59 Å². The summed E-state index contributed by atoms with van der Waals surface area (Å²) in [6.07, 6.45) is 7.21. The van der Waals surface area contributed by atoms with Gasteiger partial charge in [0.2, 0.25) is 11.8 Å². The number of amides is 6. The van der Waals surface area contributed by atoms with Crippen molar-refractivity contribution in [2.75, 3.05) is 13.1 Å². The van der Waals surface area contributed by atoms with Gasteiger partial charge < -0.3 is 10.6 Å². The molecule has 0 aliphatic rings. The van der Waals surface area contributed by atoms with Gasteiger partial charge in [0, 0.05) is 25.9 Å². The van der Waals surface area contributed by atoms with Crippen molar-refractivity contribution in [2.24, 2.45) is 0 Å². The normalized spacial score (nSPS) is 10.1. The zero-order valence-electron chi connectivity index (χ0n) is 16.1. The smallest absolute Gasteiger partial charge is 0.321 e. The highest BCUT2D eigenvalue weighted by Crippen LogP contribution is 2.05. The monoisotopic (exact) mass is 370 g/mol. The molecule has 0 fully saturated rings. The summed E-state index contributed by atoms with van der Waals surface area (Å²) in [4.78, 5) is 45.9. The highest BCUT2D eigenvalue weighted by atomic mass is 16.2. The highest BCUT2D eigenvalue weighted by molar-refractivity contribution is 5.94. The quantitative estimate of drug-likeness (QED) is 0.373. The molecule has 8 heteroatoms. The van der Waals surface area contributed by atoms with Gasteiger partial charge in [-0.05, 0) is 25.7 Å². The molecule has 0 rings (SSSR count). The molecule has 0 saturated carbocycles. The third kappa shape index (κ3) is 15.4. The molecule has 26 heavy (non-hydrogen) atoms. The second kappa shape index (κ2) is 16.4. The summed E-state index contributed by atoms with van der Waals surface area (Å²) in [5.74, 6) is -0.582. The van der Waals surface area contributed by atoms with Crippen LogP contribution in [0.25, 0.3) is 0 Å². The predicted octanol–water partition coefficient (Wildman–Crippen LogP) is 2.58. The molecule has 0 saturated heterocycles. The first-order valence-corrected chi connectivity index (χ1v) is 9.64. The van der Waals surface area contributed by atoms with Gasteiger partial charge in [-0.3, -0.25) is 20.2 Å². The fraction of sp³-hybridized carbons (Fsp3) is 0.778. The van der Waals surface area contributed by atoms with Crippen molar-refractivity contribution < 1.29 is 19.2 Å². The van der Waals surface area contributed by atoms with E-state index < -0.39 is 12.1 Å². The molecule has 0 bridgehead atoms. The molecule has 0 aliphatic heterocycles. The third-order valence-electron chi connectivity index (χ3n) is 3.70. The van der Waals surface area contributed by atoms with Crippen molar-refractivity contribution >= 4 is 23.9 Å². The van der Waals surface area contributed by atoms with E-state index in [4.69, 9.17) is 0 Å². The fourth-order valence-electron chi connectivity index (χ4n) is 2.15. The van der Waals surface area contributed by atoms with E-state index in [1.807, 2.05) is 13.8 Å². The molecule has 0 aliphatic carbocycles. The number of carbonyl (C=O) groups is 4. The number of unbranched alkanes of at least 4 members (excludes halogenated alkanes) is 5. The molecule has 0 heterocycles. The molecular weight excluding hydrogens is 336 g/mol. The Labute approximate surface area is 156 Å². The van der Waals surface area contributed by atoms with E-state index in [9.17, 15) is 19.2 Å². The van der Waals surface area contributed by atoms with E-state index in [1.165, 1.54) is 0 Å². The van der Waals surface area contributed by atoms with E-state index in [2.05, 4.69) is 21.3 Å². The highest BCUT2D eigenvalue weighted by Gasteiger charge is 2.08. The molecule has 0 aromatic rings. The minimum absolute atomic E-state index is 0.285. The number of carbonyl (C=O) groups excluding carboxylic acids is 4. The molecule has 0 unspecified atom stereocenters. The topological polar surface area (TPSA) is 116 Å². The summed E-state index contributed by atoms with van der Waals surface area (Å²) < 4.78 is 0. The van der Waals surface area contributed by atoms with E-state index in [1.54, 1.807) is 0 Å². The number of urea groups is 2. The van der Waals surface area contributed by atoms with Gasteiger partial charge in [0.05, 0.1) is 0 Å². The van der Waals surface area contributed by atoms with Crippen LogP contribution in [-0.2, 0) is 9.59 Å². The summed E-state index contributed by atoms with van der Waals surface area (Å²) in [7, 11) is 0. The maximum Gasteiger partial charge on any atom is 0.321 e. The zero-order valence-corrected chi connectivity index (χ0v) is 16.1. The molecule has 8 nitrogen and oxygen atoms in total. The summed E-state index contributed by atoms with van der Waals surface area (Å²) in [6, 6.07) is -0.894. The van der Waals surface area contributed by atoms with Crippen LogP contribution < -0.4 is 21.3 Å². The van der Waals surface area contributed by atoms with Crippen molar-refractivity contribution in [1.29, 1.82) is 0 Å². The Bertz CT molecular complexity index is 401. The minimum Gasteiger partial charge on any atom is -0.338 e. The second-order valence-electron chi connectivity index (χ2n) is 6.23. The van der Waals surface area contributed by atoms with Crippen molar-refractivity contribution in [3.05, 3.63) is 0 Å². The molecule has 6 amide bonds. The predicted molar refractivity (Wildman–Crippen MR) is 101 cm³/mol. The van der Waals surface area contributed by atoms with Crippen LogP contribution >= 0.6 is 0 Å². The van der Waals surface area contributed by atoms with E-state index >= 15 is 0 Å². The lowest BCUT2D eigenvalue weighted by Crippen LogP contribution is -2.39. The lowest BCUT2D eigenvalue weighted by Gasteiger charge is -2.07. The Kier molecular flexibility index (Phi) is 15.0. The van der Waals surface area contributed by atoms with Crippen LogP contribution in [0, 0.1) is 0 Å². The van der Waals surface area contributed by atoms with Gasteiger partial charge >= 0.3 is 12.1 Å². The first kappa shape index (κ1) is 23.9. The molecular formula is C18H34N4O4. The molecule has 0 aromatic heterocycles.